The topological polar surface area (TPSA) is 84.9 Å². The molecule has 1 aliphatic heterocycles. The van der Waals surface area contributed by atoms with E-state index in [9.17, 15) is 4.79 Å². The lowest BCUT2D eigenvalue weighted by Crippen LogP contribution is -2.36. The van der Waals surface area contributed by atoms with Gasteiger partial charge in [-0.1, -0.05) is 5.16 Å². The van der Waals surface area contributed by atoms with Crippen LogP contribution in [0.5, 0.6) is 0 Å². The van der Waals surface area contributed by atoms with Gasteiger partial charge < -0.3 is 15.7 Å². The minimum Gasteiger partial charge on any atom is -0.477 e. The van der Waals surface area contributed by atoms with Gasteiger partial charge in [-0.15, -0.1) is 0 Å². The molecule has 66 valence electrons. The summed E-state index contributed by atoms with van der Waals surface area (Å²) in [7, 11) is 0. The molecule has 5 heteroatoms. The number of oxime groups is 1. The first-order valence-electron chi connectivity index (χ1n) is 3.92. The molecule has 1 aliphatic carbocycles. The first-order valence-corrected chi connectivity index (χ1v) is 3.92. The monoisotopic (exact) mass is 170 g/mol. The molecule has 0 aromatic carbocycles. The Labute approximate surface area is 69.2 Å². The molecule has 12 heavy (non-hydrogen) atoms. The number of carboxylic acids is 1. The second-order valence-electron chi connectivity index (χ2n) is 3.19. The summed E-state index contributed by atoms with van der Waals surface area (Å²) in [5.74, 6) is -1.21. The molecule has 3 atom stereocenters. The predicted molar refractivity (Wildman–Crippen MR) is 40.6 cm³/mol. The number of nitrogens with zero attached hydrogens (tertiary/aromatic N) is 1. The molecule has 0 amide bonds. The molecule has 2 aliphatic rings. The van der Waals surface area contributed by atoms with Gasteiger partial charge in [0.1, 0.15) is 6.10 Å². The zero-order valence-electron chi connectivity index (χ0n) is 6.43. The van der Waals surface area contributed by atoms with Gasteiger partial charge >= 0.3 is 5.97 Å². The summed E-state index contributed by atoms with van der Waals surface area (Å²) in [6.45, 7) is 0. The van der Waals surface area contributed by atoms with Crippen molar-refractivity contribution in [2.45, 2.75) is 25.0 Å². The average Bonchev–Trinajstić information content (AvgIpc) is 2.53. The lowest BCUT2D eigenvalue weighted by Gasteiger charge is -2.10. The van der Waals surface area contributed by atoms with Gasteiger partial charge in [0.2, 0.25) is 0 Å². The van der Waals surface area contributed by atoms with Gasteiger partial charge in [0.05, 0.1) is 5.92 Å². The van der Waals surface area contributed by atoms with E-state index in [1.807, 2.05) is 0 Å². The Morgan fingerprint density at radius 1 is 1.67 bits per heavy atom. The van der Waals surface area contributed by atoms with Gasteiger partial charge in [-0.25, -0.2) is 4.79 Å². The number of nitrogens with two attached hydrogens (primary N) is 1. The largest absolute Gasteiger partial charge is 0.477 e. The standard InChI is InChI=1S/C7H10N2O3/c8-3-1-2-4-5(3)6(7(10)11)9-12-4/h3-5H,1-2,8H2,(H,10,11)/t3-,4-,5+/m0/s1. The highest BCUT2D eigenvalue weighted by Crippen LogP contribution is 2.33. The molecule has 5 nitrogen and oxygen atoms in total. The smallest absolute Gasteiger partial charge is 0.354 e. The molecule has 1 saturated carbocycles. The Kier molecular flexibility index (Phi) is 1.54. The van der Waals surface area contributed by atoms with Crippen LogP contribution in [0, 0.1) is 5.92 Å². The number of aliphatic carboxylic acids is 1. The van der Waals surface area contributed by atoms with Crippen LogP contribution in [0.4, 0.5) is 0 Å². The van der Waals surface area contributed by atoms with E-state index < -0.39 is 5.97 Å². The summed E-state index contributed by atoms with van der Waals surface area (Å²) in [6, 6.07) is -0.104. The number of hydrogen-bond donors (Lipinski definition) is 2. The quantitative estimate of drug-likeness (QED) is 0.558. The van der Waals surface area contributed by atoms with Crippen molar-refractivity contribution >= 4 is 11.7 Å². The predicted octanol–water partition coefficient (Wildman–Crippen LogP) is -0.437. The number of carbonyl (C=O) groups is 1. The first-order chi connectivity index (χ1) is 5.70. The molecule has 0 unspecified atom stereocenters. The summed E-state index contributed by atoms with van der Waals surface area (Å²) in [5.41, 5.74) is 5.81. The van der Waals surface area contributed by atoms with Gasteiger partial charge in [0.15, 0.2) is 5.71 Å². The third-order valence-corrected chi connectivity index (χ3v) is 2.47. The van der Waals surface area contributed by atoms with Crippen LogP contribution in [0.15, 0.2) is 5.16 Å². The second kappa shape index (κ2) is 2.45. The molecule has 1 heterocycles. The summed E-state index contributed by atoms with van der Waals surface area (Å²) in [5, 5.41) is 12.2. The minimum atomic E-state index is -1.01. The summed E-state index contributed by atoms with van der Waals surface area (Å²) in [6.07, 6.45) is 1.54. The number of rotatable bonds is 1. The molecule has 0 bridgehead atoms. The Morgan fingerprint density at radius 3 is 3.08 bits per heavy atom. The Morgan fingerprint density at radius 2 is 2.42 bits per heavy atom. The summed E-state index contributed by atoms with van der Waals surface area (Å²) < 4.78 is 0. The highest BCUT2D eigenvalue weighted by molar-refractivity contribution is 6.37. The molecule has 0 saturated heterocycles. The van der Waals surface area contributed by atoms with E-state index in [0.717, 1.165) is 12.8 Å². The highest BCUT2D eigenvalue weighted by Gasteiger charge is 2.46. The van der Waals surface area contributed by atoms with Crippen molar-refractivity contribution in [2.75, 3.05) is 0 Å². The molecule has 3 N–H and O–H groups in total. The van der Waals surface area contributed by atoms with Gasteiger partial charge in [0.25, 0.3) is 0 Å². The van der Waals surface area contributed by atoms with Crippen LogP contribution in [0.1, 0.15) is 12.8 Å². The lowest BCUT2D eigenvalue weighted by atomic mass is 9.97. The zero-order valence-corrected chi connectivity index (χ0v) is 6.43. The van der Waals surface area contributed by atoms with Crippen LogP contribution >= 0.6 is 0 Å². The van der Waals surface area contributed by atoms with Crippen molar-refractivity contribution in [3.63, 3.8) is 0 Å². The van der Waals surface area contributed by atoms with E-state index in [-0.39, 0.29) is 23.8 Å². The molecule has 0 aromatic rings. The van der Waals surface area contributed by atoms with Crippen molar-refractivity contribution in [2.24, 2.45) is 16.8 Å². The minimum absolute atomic E-state index is 0.0880. The van der Waals surface area contributed by atoms with E-state index in [4.69, 9.17) is 15.7 Å². The van der Waals surface area contributed by atoms with E-state index in [0.29, 0.717) is 0 Å². The van der Waals surface area contributed by atoms with Gasteiger partial charge in [0, 0.05) is 6.04 Å². The van der Waals surface area contributed by atoms with Crippen LogP contribution in [0.3, 0.4) is 0 Å². The fourth-order valence-corrected chi connectivity index (χ4v) is 1.86. The Hall–Kier alpha value is -1.10. The number of hydrogen-bond acceptors (Lipinski definition) is 4. The van der Waals surface area contributed by atoms with Crippen molar-refractivity contribution in [3.05, 3.63) is 0 Å². The molecule has 1 fully saturated rings. The van der Waals surface area contributed by atoms with Crippen LogP contribution in [-0.2, 0) is 9.63 Å². The summed E-state index contributed by atoms with van der Waals surface area (Å²) in [4.78, 5) is 15.6. The van der Waals surface area contributed by atoms with E-state index >= 15 is 0 Å². The fraction of sp³-hybridized carbons (Fsp3) is 0.714. The molecule has 0 radical (unpaired) electrons. The maximum absolute atomic E-state index is 10.6. The Bertz CT molecular complexity index is 251. The maximum atomic E-state index is 10.6. The second-order valence-corrected chi connectivity index (χ2v) is 3.19. The van der Waals surface area contributed by atoms with E-state index in [1.165, 1.54) is 0 Å². The molecular weight excluding hydrogens is 160 g/mol. The summed E-state index contributed by atoms with van der Waals surface area (Å²) >= 11 is 0. The van der Waals surface area contributed by atoms with Crippen LogP contribution in [-0.4, -0.2) is 28.9 Å². The third kappa shape index (κ3) is 0.896. The number of fused-ring (bicyclic) bond motifs is 1. The van der Waals surface area contributed by atoms with E-state index in [1.54, 1.807) is 0 Å². The van der Waals surface area contributed by atoms with Crippen LogP contribution in [0.2, 0.25) is 0 Å². The fourth-order valence-electron chi connectivity index (χ4n) is 1.86. The van der Waals surface area contributed by atoms with Crippen LogP contribution in [0.25, 0.3) is 0 Å². The zero-order chi connectivity index (χ0) is 8.72. The molecular formula is C7H10N2O3. The van der Waals surface area contributed by atoms with Crippen LogP contribution < -0.4 is 5.73 Å². The van der Waals surface area contributed by atoms with Crippen molar-refractivity contribution in [3.8, 4) is 0 Å². The highest BCUT2D eigenvalue weighted by atomic mass is 16.6. The van der Waals surface area contributed by atoms with Gasteiger partial charge in [-0.05, 0) is 12.8 Å². The van der Waals surface area contributed by atoms with E-state index in [2.05, 4.69) is 5.16 Å². The molecule has 0 spiro atoms. The van der Waals surface area contributed by atoms with Crippen molar-refractivity contribution < 1.29 is 14.7 Å². The first kappa shape index (κ1) is 7.54. The third-order valence-electron chi connectivity index (χ3n) is 2.47. The number of carboxylic acid groups (broad SMARTS) is 1. The van der Waals surface area contributed by atoms with Crippen molar-refractivity contribution in [1.82, 2.24) is 0 Å². The SMILES string of the molecule is N[C@H]1CC[C@@H]2ON=C(C(=O)O)[C@@H]21. The van der Waals surface area contributed by atoms with Crippen molar-refractivity contribution in [1.29, 1.82) is 0 Å². The van der Waals surface area contributed by atoms with Gasteiger partial charge in [-0.3, -0.25) is 0 Å². The van der Waals surface area contributed by atoms with Gasteiger partial charge in [-0.2, -0.15) is 0 Å². The molecule has 0 aromatic heterocycles. The normalized spacial score (nSPS) is 38.8. The average molecular weight is 170 g/mol. The molecule has 2 rings (SSSR count). The lowest BCUT2D eigenvalue weighted by molar-refractivity contribution is -0.129. The maximum Gasteiger partial charge on any atom is 0.354 e. The Balaban J connectivity index is 2.22.